The van der Waals surface area contributed by atoms with Crippen LogP contribution in [0.2, 0.25) is 0 Å². The number of rotatable bonds is 6. The molecule has 2 rings (SSSR count). The number of carbonyl (C=O) groups excluding carboxylic acids is 1. The highest BCUT2D eigenvalue weighted by Gasteiger charge is 2.30. The largest absolute Gasteiger partial charge is 0.443 e. The molecule has 112 valence electrons. The molecule has 1 aliphatic rings. The Balaban J connectivity index is 2.22. The Morgan fingerprint density at radius 2 is 2.20 bits per heavy atom. The van der Waals surface area contributed by atoms with Crippen molar-refractivity contribution in [3.63, 3.8) is 0 Å². The van der Waals surface area contributed by atoms with Gasteiger partial charge in [-0.1, -0.05) is 6.92 Å². The predicted octanol–water partition coefficient (Wildman–Crippen LogP) is 3.23. The fraction of sp³-hybridized carbons (Fsp3) is 0.583. The molecule has 5 nitrogen and oxygen atoms in total. The molecule has 1 saturated carbocycles. The zero-order valence-corrected chi connectivity index (χ0v) is 14.1. The summed E-state index contributed by atoms with van der Waals surface area (Å²) in [5, 5.41) is 0. The summed E-state index contributed by atoms with van der Waals surface area (Å²) in [6.07, 6.45) is 3.11. The molecule has 1 aliphatic carbocycles. The van der Waals surface area contributed by atoms with Crippen LogP contribution in [0, 0.1) is 5.92 Å². The van der Waals surface area contributed by atoms with Crippen molar-refractivity contribution in [1.29, 1.82) is 0 Å². The first-order chi connectivity index (χ1) is 9.32. The SMILES string of the molecule is CCCN(CC1CC1)C(=O)c1cc(S(=O)(=O)Cl)c(Br)o1. The molecule has 0 atom stereocenters. The lowest BCUT2D eigenvalue weighted by Crippen LogP contribution is -2.33. The third-order valence-electron chi connectivity index (χ3n) is 3.09. The Bertz CT molecular complexity index is 609. The zero-order valence-electron chi connectivity index (χ0n) is 10.9. The predicted molar refractivity (Wildman–Crippen MR) is 78.4 cm³/mol. The summed E-state index contributed by atoms with van der Waals surface area (Å²) in [7, 11) is 1.34. The average molecular weight is 385 g/mol. The lowest BCUT2D eigenvalue weighted by atomic mass is 10.3. The Kier molecular flexibility index (Phi) is 4.81. The quantitative estimate of drug-likeness (QED) is 0.706. The van der Waals surface area contributed by atoms with Crippen molar-refractivity contribution in [3.8, 4) is 0 Å². The van der Waals surface area contributed by atoms with E-state index in [-0.39, 0.29) is 21.2 Å². The van der Waals surface area contributed by atoms with E-state index in [2.05, 4.69) is 15.9 Å². The average Bonchev–Trinajstić information content (AvgIpc) is 3.07. The number of halogens is 2. The maximum Gasteiger partial charge on any atom is 0.289 e. The molecule has 0 N–H and O–H groups in total. The summed E-state index contributed by atoms with van der Waals surface area (Å²) < 4.78 is 27.8. The van der Waals surface area contributed by atoms with E-state index in [0.717, 1.165) is 19.3 Å². The fourth-order valence-electron chi connectivity index (χ4n) is 1.94. The summed E-state index contributed by atoms with van der Waals surface area (Å²) in [5.74, 6) is 0.247. The summed E-state index contributed by atoms with van der Waals surface area (Å²) in [5.41, 5.74) is 0. The highest BCUT2D eigenvalue weighted by Crippen LogP contribution is 2.32. The van der Waals surface area contributed by atoms with Crippen LogP contribution in [0.15, 0.2) is 20.0 Å². The Hall–Kier alpha value is -0.530. The van der Waals surface area contributed by atoms with Gasteiger partial charge < -0.3 is 9.32 Å². The molecule has 0 bridgehead atoms. The van der Waals surface area contributed by atoms with Crippen molar-refractivity contribution in [2.24, 2.45) is 5.92 Å². The van der Waals surface area contributed by atoms with Gasteiger partial charge in [0, 0.05) is 29.8 Å². The van der Waals surface area contributed by atoms with Gasteiger partial charge >= 0.3 is 0 Å². The number of nitrogens with zero attached hydrogens (tertiary/aromatic N) is 1. The van der Waals surface area contributed by atoms with Crippen LogP contribution in [0.3, 0.4) is 0 Å². The van der Waals surface area contributed by atoms with E-state index in [1.165, 1.54) is 6.07 Å². The molecular formula is C12H15BrClNO4S. The van der Waals surface area contributed by atoms with Crippen molar-refractivity contribution in [1.82, 2.24) is 4.90 Å². The minimum absolute atomic E-state index is 0.00907. The second kappa shape index (κ2) is 6.07. The van der Waals surface area contributed by atoms with Gasteiger partial charge in [-0.25, -0.2) is 8.42 Å². The third kappa shape index (κ3) is 3.77. The van der Waals surface area contributed by atoms with Crippen molar-refractivity contribution in [2.45, 2.75) is 31.1 Å². The first kappa shape index (κ1) is 15.9. The van der Waals surface area contributed by atoms with Crippen molar-refractivity contribution >= 4 is 41.6 Å². The van der Waals surface area contributed by atoms with Crippen LogP contribution in [0.25, 0.3) is 0 Å². The van der Waals surface area contributed by atoms with Gasteiger partial charge in [0.05, 0.1) is 0 Å². The molecule has 1 aromatic rings. The molecule has 1 amide bonds. The highest BCUT2D eigenvalue weighted by molar-refractivity contribution is 9.10. The molecule has 1 heterocycles. The molecule has 0 aliphatic heterocycles. The van der Waals surface area contributed by atoms with Crippen LogP contribution in [0.5, 0.6) is 0 Å². The van der Waals surface area contributed by atoms with E-state index in [4.69, 9.17) is 15.1 Å². The van der Waals surface area contributed by atoms with Crippen molar-refractivity contribution in [2.75, 3.05) is 13.1 Å². The molecule has 1 aromatic heterocycles. The smallest absolute Gasteiger partial charge is 0.289 e. The summed E-state index contributed by atoms with van der Waals surface area (Å²) in [6.45, 7) is 3.30. The molecule has 20 heavy (non-hydrogen) atoms. The molecule has 0 unspecified atom stereocenters. The minimum atomic E-state index is -3.93. The number of carbonyl (C=O) groups is 1. The van der Waals surface area contributed by atoms with E-state index in [1.807, 2.05) is 6.92 Å². The molecular weight excluding hydrogens is 370 g/mol. The van der Waals surface area contributed by atoms with Crippen LogP contribution in [0.4, 0.5) is 0 Å². The van der Waals surface area contributed by atoms with E-state index < -0.39 is 9.05 Å². The number of amides is 1. The first-order valence-electron chi connectivity index (χ1n) is 6.36. The highest BCUT2D eigenvalue weighted by atomic mass is 79.9. The summed E-state index contributed by atoms with van der Waals surface area (Å²) in [6, 6.07) is 1.17. The Labute approximate surface area is 130 Å². The van der Waals surface area contributed by atoms with Gasteiger partial charge in [-0.3, -0.25) is 4.79 Å². The lowest BCUT2D eigenvalue weighted by molar-refractivity contribution is 0.0714. The van der Waals surface area contributed by atoms with E-state index in [9.17, 15) is 13.2 Å². The maximum absolute atomic E-state index is 12.4. The van der Waals surface area contributed by atoms with E-state index >= 15 is 0 Å². The van der Waals surface area contributed by atoms with Gasteiger partial charge in [0.25, 0.3) is 15.0 Å². The maximum atomic E-state index is 12.4. The van der Waals surface area contributed by atoms with Gasteiger partial charge in [0.15, 0.2) is 10.4 Å². The summed E-state index contributed by atoms with van der Waals surface area (Å²) >= 11 is 2.97. The zero-order chi connectivity index (χ0) is 14.9. The molecule has 0 saturated heterocycles. The Morgan fingerprint density at radius 3 is 2.65 bits per heavy atom. The summed E-state index contributed by atoms with van der Waals surface area (Å²) in [4.78, 5) is 13.8. The van der Waals surface area contributed by atoms with Gasteiger partial charge in [-0.15, -0.1) is 0 Å². The molecule has 0 aromatic carbocycles. The second-order valence-corrected chi connectivity index (χ2v) is 8.14. The fourth-order valence-corrected chi connectivity index (χ4v) is 3.97. The number of hydrogen-bond acceptors (Lipinski definition) is 4. The first-order valence-corrected chi connectivity index (χ1v) is 9.46. The van der Waals surface area contributed by atoms with Gasteiger partial charge in [-0.2, -0.15) is 0 Å². The molecule has 8 heteroatoms. The van der Waals surface area contributed by atoms with Gasteiger partial charge in [0.1, 0.15) is 4.90 Å². The number of hydrogen-bond donors (Lipinski definition) is 0. The normalized spacial score (nSPS) is 15.3. The lowest BCUT2D eigenvalue weighted by Gasteiger charge is -2.20. The molecule has 0 spiro atoms. The van der Waals surface area contributed by atoms with Crippen molar-refractivity contribution in [3.05, 3.63) is 16.5 Å². The molecule has 0 radical (unpaired) electrons. The molecule has 1 fully saturated rings. The third-order valence-corrected chi connectivity index (χ3v) is 5.26. The van der Waals surface area contributed by atoms with Crippen LogP contribution in [-0.2, 0) is 9.05 Å². The van der Waals surface area contributed by atoms with E-state index in [1.54, 1.807) is 4.90 Å². The van der Waals surface area contributed by atoms with Gasteiger partial charge in [0.2, 0.25) is 0 Å². The van der Waals surface area contributed by atoms with Crippen LogP contribution >= 0.6 is 26.6 Å². The van der Waals surface area contributed by atoms with Crippen LogP contribution in [-0.4, -0.2) is 32.3 Å². The van der Waals surface area contributed by atoms with Crippen molar-refractivity contribution < 1.29 is 17.6 Å². The van der Waals surface area contributed by atoms with E-state index in [0.29, 0.717) is 19.0 Å². The monoisotopic (exact) mass is 383 g/mol. The standard InChI is InChI=1S/C12H15BrClNO4S/c1-2-5-15(7-8-3-4-8)12(16)9-6-10(11(13)19-9)20(14,17)18/h6,8H,2-5,7H2,1H3. The Morgan fingerprint density at radius 1 is 1.55 bits per heavy atom. The van der Waals surface area contributed by atoms with Gasteiger partial charge in [-0.05, 0) is 41.1 Å². The van der Waals surface area contributed by atoms with Crippen LogP contribution in [0.1, 0.15) is 36.7 Å². The number of furan rings is 1. The topological polar surface area (TPSA) is 67.6 Å². The minimum Gasteiger partial charge on any atom is -0.443 e. The van der Waals surface area contributed by atoms with Crippen LogP contribution < -0.4 is 0 Å². The second-order valence-electron chi connectivity index (χ2n) is 4.88.